The minimum atomic E-state index is -0.392. The van der Waals surface area contributed by atoms with Crippen LogP contribution in [0.4, 0.5) is 0 Å². The second-order valence-electron chi connectivity index (χ2n) is 4.01. The minimum absolute atomic E-state index is 0.159. The fourth-order valence-corrected chi connectivity index (χ4v) is 1.85. The lowest BCUT2D eigenvalue weighted by molar-refractivity contribution is 0.103. The van der Waals surface area contributed by atoms with Crippen LogP contribution in [-0.2, 0) is 4.74 Å². The van der Waals surface area contributed by atoms with E-state index < -0.39 is 6.10 Å². The van der Waals surface area contributed by atoms with Crippen LogP contribution in [0, 0.1) is 0 Å². The highest BCUT2D eigenvalue weighted by Gasteiger charge is 2.22. The number of rotatable bonds is 4. The highest BCUT2D eigenvalue weighted by atomic mass is 16.5. The summed E-state index contributed by atoms with van der Waals surface area (Å²) in [7, 11) is 0. The van der Waals surface area contributed by atoms with E-state index in [1.807, 2.05) is 37.3 Å². The summed E-state index contributed by atoms with van der Waals surface area (Å²) >= 11 is 0. The molecule has 0 aromatic heterocycles. The van der Waals surface area contributed by atoms with E-state index in [2.05, 4.69) is 10.3 Å². The fourth-order valence-electron chi connectivity index (χ4n) is 1.85. The Bertz CT molecular complexity index is 378. The van der Waals surface area contributed by atoms with Gasteiger partial charge in [0.25, 0.3) is 0 Å². The van der Waals surface area contributed by atoms with Gasteiger partial charge in [-0.15, -0.1) is 0 Å². The average Bonchev–Trinajstić information content (AvgIpc) is 2.38. The van der Waals surface area contributed by atoms with Crippen molar-refractivity contribution in [1.29, 1.82) is 0 Å². The van der Waals surface area contributed by atoms with Crippen molar-refractivity contribution in [3.8, 4) is 0 Å². The van der Waals surface area contributed by atoms with Gasteiger partial charge in [-0.25, -0.2) is 0 Å². The van der Waals surface area contributed by atoms with Crippen molar-refractivity contribution in [2.75, 3.05) is 19.7 Å². The molecule has 2 N–H and O–H groups in total. The molecule has 1 aliphatic rings. The van der Waals surface area contributed by atoms with Crippen molar-refractivity contribution in [2.24, 2.45) is 4.99 Å². The van der Waals surface area contributed by atoms with Gasteiger partial charge in [-0.05, 0) is 12.5 Å². The van der Waals surface area contributed by atoms with Crippen molar-refractivity contribution in [3.05, 3.63) is 35.9 Å². The number of ether oxygens (including phenoxy) is 1. The summed E-state index contributed by atoms with van der Waals surface area (Å²) in [4.78, 5) is 4.34. The van der Waals surface area contributed by atoms with E-state index >= 15 is 0 Å². The number of hydrogen-bond donors (Lipinski definition) is 2. The molecule has 0 radical (unpaired) electrons. The van der Waals surface area contributed by atoms with Crippen LogP contribution >= 0.6 is 0 Å². The largest absolute Gasteiger partial charge is 0.389 e. The summed E-state index contributed by atoms with van der Waals surface area (Å²) in [5.41, 5.74) is 1.08. The molecule has 2 atom stereocenters. The molecular formula is C13H18N2O2. The molecule has 2 rings (SSSR count). The van der Waals surface area contributed by atoms with Crippen molar-refractivity contribution in [2.45, 2.75) is 19.1 Å². The lowest BCUT2D eigenvalue weighted by atomic mass is 10.1. The number of nitrogens with one attached hydrogen (secondary N) is 1. The van der Waals surface area contributed by atoms with E-state index in [1.54, 1.807) is 0 Å². The molecule has 0 bridgehead atoms. The summed E-state index contributed by atoms with van der Waals surface area (Å²) < 4.78 is 5.73. The van der Waals surface area contributed by atoms with Crippen LogP contribution in [0.3, 0.4) is 0 Å². The van der Waals surface area contributed by atoms with Crippen LogP contribution in [-0.4, -0.2) is 36.7 Å². The number of amidine groups is 1. The van der Waals surface area contributed by atoms with Gasteiger partial charge in [-0.2, -0.15) is 0 Å². The van der Waals surface area contributed by atoms with Crippen molar-refractivity contribution < 1.29 is 9.84 Å². The molecule has 4 heteroatoms. The average molecular weight is 234 g/mol. The lowest BCUT2D eigenvalue weighted by Crippen LogP contribution is -2.42. The third-order valence-corrected chi connectivity index (χ3v) is 2.68. The lowest BCUT2D eigenvalue weighted by Gasteiger charge is -2.25. The molecule has 0 saturated carbocycles. The zero-order valence-electron chi connectivity index (χ0n) is 9.97. The molecule has 2 unspecified atom stereocenters. The Kier molecular flexibility index (Phi) is 4.12. The van der Waals surface area contributed by atoms with E-state index in [0.29, 0.717) is 19.7 Å². The van der Waals surface area contributed by atoms with Crippen LogP contribution < -0.4 is 5.32 Å². The van der Waals surface area contributed by atoms with Gasteiger partial charge in [-0.1, -0.05) is 30.3 Å². The van der Waals surface area contributed by atoms with E-state index in [1.165, 1.54) is 0 Å². The molecule has 4 nitrogen and oxygen atoms in total. The van der Waals surface area contributed by atoms with Crippen molar-refractivity contribution in [1.82, 2.24) is 5.32 Å². The third-order valence-electron chi connectivity index (χ3n) is 2.68. The molecular weight excluding hydrogens is 216 g/mol. The standard InChI is InChI=1S/C13H18N2O2/c1-2-17-12(10-6-4-3-5-7-10)13-14-8-11(16)9-15-13/h3-7,11-12,16H,2,8-9H2,1H3,(H,14,15). The second-order valence-corrected chi connectivity index (χ2v) is 4.01. The molecule has 0 saturated heterocycles. The van der Waals surface area contributed by atoms with Crippen LogP contribution in [0.5, 0.6) is 0 Å². The summed E-state index contributed by atoms with van der Waals surface area (Å²) in [5.74, 6) is 0.809. The Hall–Kier alpha value is -1.39. The number of β-amino-alcohol motifs (C(OH)–C–C–N with tert-alkyl or cyclic N) is 1. The maximum atomic E-state index is 9.40. The monoisotopic (exact) mass is 234 g/mol. The van der Waals surface area contributed by atoms with Crippen LogP contribution in [0.15, 0.2) is 35.3 Å². The number of benzene rings is 1. The smallest absolute Gasteiger partial charge is 0.139 e. The first-order valence-electron chi connectivity index (χ1n) is 5.94. The first-order valence-corrected chi connectivity index (χ1v) is 5.94. The maximum Gasteiger partial charge on any atom is 0.139 e. The molecule has 1 heterocycles. The Morgan fingerprint density at radius 1 is 1.47 bits per heavy atom. The van der Waals surface area contributed by atoms with Gasteiger partial charge in [0.2, 0.25) is 0 Å². The first kappa shape index (κ1) is 12.1. The fraction of sp³-hybridized carbons (Fsp3) is 0.462. The van der Waals surface area contributed by atoms with Gasteiger partial charge in [0.15, 0.2) is 0 Å². The number of aliphatic imine (C=N–C) groups is 1. The molecule has 1 aliphatic heterocycles. The van der Waals surface area contributed by atoms with Crippen LogP contribution in [0.2, 0.25) is 0 Å². The van der Waals surface area contributed by atoms with Gasteiger partial charge in [-0.3, -0.25) is 4.99 Å². The van der Waals surface area contributed by atoms with E-state index in [4.69, 9.17) is 4.74 Å². The Morgan fingerprint density at radius 2 is 2.24 bits per heavy atom. The van der Waals surface area contributed by atoms with Gasteiger partial charge in [0.1, 0.15) is 11.9 Å². The first-order chi connectivity index (χ1) is 8.31. The summed E-state index contributed by atoms with van der Waals surface area (Å²) in [6.07, 6.45) is -0.550. The predicted octanol–water partition coefficient (Wildman–Crippen LogP) is 1.13. The van der Waals surface area contributed by atoms with E-state index in [9.17, 15) is 5.11 Å². The quantitative estimate of drug-likeness (QED) is 0.821. The molecule has 92 valence electrons. The predicted molar refractivity (Wildman–Crippen MR) is 67.1 cm³/mol. The highest BCUT2D eigenvalue weighted by Crippen LogP contribution is 2.19. The summed E-state index contributed by atoms with van der Waals surface area (Å²) in [6, 6.07) is 10.00. The van der Waals surface area contributed by atoms with Gasteiger partial charge in [0.05, 0.1) is 12.6 Å². The molecule has 0 amide bonds. The molecule has 0 aliphatic carbocycles. The van der Waals surface area contributed by atoms with Crippen molar-refractivity contribution >= 4 is 5.84 Å². The maximum absolute atomic E-state index is 9.40. The topological polar surface area (TPSA) is 53.9 Å². The molecule has 17 heavy (non-hydrogen) atoms. The normalized spacial score (nSPS) is 21.5. The highest BCUT2D eigenvalue weighted by molar-refractivity contribution is 5.88. The zero-order chi connectivity index (χ0) is 12.1. The Balaban J connectivity index is 2.18. The van der Waals surface area contributed by atoms with Crippen molar-refractivity contribution in [3.63, 3.8) is 0 Å². The minimum Gasteiger partial charge on any atom is -0.389 e. The van der Waals surface area contributed by atoms with Crippen LogP contribution in [0.25, 0.3) is 0 Å². The van der Waals surface area contributed by atoms with Gasteiger partial charge < -0.3 is 15.2 Å². The molecule has 0 fully saturated rings. The Labute approximate surface area is 101 Å². The third kappa shape index (κ3) is 3.05. The SMILES string of the molecule is CCOC(C1=NCC(O)CN1)c1ccccc1. The van der Waals surface area contributed by atoms with Gasteiger partial charge >= 0.3 is 0 Å². The van der Waals surface area contributed by atoms with Crippen LogP contribution in [0.1, 0.15) is 18.6 Å². The summed E-state index contributed by atoms with van der Waals surface area (Å²) in [5, 5.41) is 12.5. The number of aliphatic hydroxyl groups is 1. The number of hydrogen-bond acceptors (Lipinski definition) is 4. The van der Waals surface area contributed by atoms with E-state index in [0.717, 1.165) is 11.4 Å². The number of aliphatic hydroxyl groups excluding tert-OH is 1. The molecule has 1 aromatic carbocycles. The number of nitrogens with zero attached hydrogens (tertiary/aromatic N) is 1. The van der Waals surface area contributed by atoms with E-state index in [-0.39, 0.29) is 6.10 Å². The summed E-state index contributed by atoms with van der Waals surface area (Å²) in [6.45, 7) is 3.57. The zero-order valence-corrected chi connectivity index (χ0v) is 9.97. The van der Waals surface area contributed by atoms with Gasteiger partial charge in [0, 0.05) is 13.2 Å². The molecule has 0 spiro atoms. The second kappa shape index (κ2) is 5.80. The molecule has 1 aromatic rings. The Morgan fingerprint density at radius 3 is 2.82 bits per heavy atom.